The summed E-state index contributed by atoms with van der Waals surface area (Å²) in [5.41, 5.74) is 3.84. The first-order valence-electron chi connectivity index (χ1n) is 11.8. The molecule has 0 bridgehead atoms. The van der Waals surface area contributed by atoms with Crippen LogP contribution in [0.1, 0.15) is 45.9 Å². The summed E-state index contributed by atoms with van der Waals surface area (Å²) >= 11 is 1.53. The van der Waals surface area contributed by atoms with Crippen LogP contribution in [0.5, 0.6) is 0 Å². The third kappa shape index (κ3) is 6.20. The molecule has 0 spiro atoms. The average molecular weight is 519 g/mol. The predicted octanol–water partition coefficient (Wildman–Crippen LogP) is 3.69. The van der Waals surface area contributed by atoms with E-state index < -0.39 is 6.29 Å². The van der Waals surface area contributed by atoms with Crippen molar-refractivity contribution in [1.29, 1.82) is 0 Å². The SMILES string of the molecule is Cn1nnnc1SC[C@H]1C[C@@H](c2ccc(CO)cc2)O[C@@H](c2ccc(NC(=O)c3cccnc3)cc2)O1. The summed E-state index contributed by atoms with van der Waals surface area (Å²) in [5, 5.41) is 24.6. The van der Waals surface area contributed by atoms with Crippen LogP contribution in [0.2, 0.25) is 0 Å². The molecule has 10 nitrogen and oxygen atoms in total. The summed E-state index contributed by atoms with van der Waals surface area (Å²) < 4.78 is 14.3. The van der Waals surface area contributed by atoms with Crippen molar-refractivity contribution in [3.8, 4) is 0 Å². The maximum atomic E-state index is 12.4. The molecule has 37 heavy (non-hydrogen) atoms. The summed E-state index contributed by atoms with van der Waals surface area (Å²) in [6.07, 6.45) is 2.90. The molecule has 1 aliphatic heterocycles. The van der Waals surface area contributed by atoms with Gasteiger partial charge in [-0.2, -0.15) is 0 Å². The molecule has 2 aromatic carbocycles. The zero-order valence-corrected chi connectivity index (χ0v) is 20.9. The summed E-state index contributed by atoms with van der Waals surface area (Å²) in [5.74, 6) is 0.422. The van der Waals surface area contributed by atoms with E-state index in [0.29, 0.717) is 28.6 Å². The normalized spacial score (nSPS) is 19.5. The first-order chi connectivity index (χ1) is 18.1. The number of nitrogens with one attached hydrogen (secondary N) is 1. The summed E-state index contributed by atoms with van der Waals surface area (Å²) in [6.45, 7) is -0.00773. The van der Waals surface area contributed by atoms with E-state index in [1.54, 1.807) is 30.1 Å². The van der Waals surface area contributed by atoms with E-state index in [0.717, 1.165) is 16.7 Å². The molecule has 11 heteroatoms. The topological polar surface area (TPSA) is 124 Å². The van der Waals surface area contributed by atoms with Gasteiger partial charge < -0.3 is 19.9 Å². The molecular weight excluding hydrogens is 492 g/mol. The van der Waals surface area contributed by atoms with Gasteiger partial charge in [-0.3, -0.25) is 9.78 Å². The summed E-state index contributed by atoms with van der Waals surface area (Å²) in [4.78, 5) is 16.4. The minimum atomic E-state index is -0.595. The fourth-order valence-corrected chi connectivity index (χ4v) is 4.82. The average Bonchev–Trinajstić information content (AvgIpc) is 3.37. The van der Waals surface area contributed by atoms with Crippen LogP contribution in [-0.4, -0.2) is 48.1 Å². The molecule has 1 saturated heterocycles. The Morgan fingerprint density at radius 2 is 1.89 bits per heavy atom. The van der Waals surface area contributed by atoms with Crippen molar-refractivity contribution in [3.05, 3.63) is 95.3 Å². The lowest BCUT2D eigenvalue weighted by Gasteiger charge is -2.36. The number of aliphatic hydroxyl groups is 1. The molecule has 2 aromatic heterocycles. The summed E-state index contributed by atoms with van der Waals surface area (Å²) in [7, 11) is 1.80. The van der Waals surface area contributed by atoms with Crippen LogP contribution >= 0.6 is 11.8 Å². The molecule has 4 aromatic rings. The highest BCUT2D eigenvalue weighted by molar-refractivity contribution is 7.99. The predicted molar refractivity (Wildman–Crippen MR) is 137 cm³/mol. The lowest BCUT2D eigenvalue weighted by Crippen LogP contribution is -2.31. The standard InChI is InChI=1S/C26H26N6O4S/c1-32-26(29-30-31-32)37-16-22-13-23(18-6-4-17(15-33)5-7-18)36-25(35-22)19-8-10-21(11-9-19)28-24(34)20-3-2-12-27-14-20/h2-12,14,22-23,25,33H,13,15-16H2,1H3,(H,28,34)/t22-,23+,25+/m1/s1. The Morgan fingerprint density at radius 1 is 1.11 bits per heavy atom. The summed E-state index contributed by atoms with van der Waals surface area (Å²) in [6, 6.07) is 18.6. The smallest absolute Gasteiger partial charge is 0.257 e. The van der Waals surface area contributed by atoms with Gasteiger partial charge in [0.15, 0.2) is 6.29 Å². The number of benzene rings is 2. The van der Waals surface area contributed by atoms with Gasteiger partial charge in [-0.15, -0.1) is 5.10 Å². The Labute approximate surface area is 218 Å². The molecule has 0 aliphatic carbocycles. The monoisotopic (exact) mass is 518 g/mol. The first kappa shape index (κ1) is 25.0. The Balaban J connectivity index is 1.31. The van der Waals surface area contributed by atoms with Crippen LogP contribution in [-0.2, 0) is 23.1 Å². The lowest BCUT2D eigenvalue weighted by molar-refractivity contribution is -0.245. The highest BCUT2D eigenvalue weighted by Crippen LogP contribution is 2.39. The van der Waals surface area contributed by atoms with Crippen molar-refractivity contribution in [2.75, 3.05) is 11.1 Å². The maximum Gasteiger partial charge on any atom is 0.257 e. The number of tetrazole rings is 1. The first-order valence-corrected chi connectivity index (χ1v) is 12.7. The van der Waals surface area contributed by atoms with Gasteiger partial charge >= 0.3 is 0 Å². The van der Waals surface area contributed by atoms with Crippen LogP contribution in [0.25, 0.3) is 0 Å². The number of carbonyl (C=O) groups is 1. The minimum Gasteiger partial charge on any atom is -0.392 e. The number of amides is 1. The number of nitrogens with zero attached hydrogens (tertiary/aromatic N) is 5. The van der Waals surface area contributed by atoms with Gasteiger partial charge in [-0.05, 0) is 45.8 Å². The molecule has 1 amide bonds. The number of hydrogen-bond acceptors (Lipinski definition) is 9. The number of hydrogen-bond donors (Lipinski definition) is 2. The largest absolute Gasteiger partial charge is 0.392 e. The van der Waals surface area contributed by atoms with Crippen molar-refractivity contribution >= 4 is 23.4 Å². The van der Waals surface area contributed by atoms with Crippen LogP contribution in [0.3, 0.4) is 0 Å². The number of pyridine rings is 1. The van der Waals surface area contributed by atoms with Crippen molar-refractivity contribution in [2.24, 2.45) is 7.05 Å². The highest BCUT2D eigenvalue weighted by Gasteiger charge is 2.32. The van der Waals surface area contributed by atoms with Crippen molar-refractivity contribution in [2.45, 2.75) is 36.7 Å². The third-order valence-corrected chi connectivity index (χ3v) is 7.10. The molecule has 3 heterocycles. The molecule has 190 valence electrons. The number of thioether (sulfide) groups is 1. The lowest BCUT2D eigenvalue weighted by atomic mass is 10.0. The van der Waals surface area contributed by atoms with Crippen LogP contribution in [0.4, 0.5) is 5.69 Å². The van der Waals surface area contributed by atoms with E-state index in [2.05, 4.69) is 25.8 Å². The zero-order valence-electron chi connectivity index (χ0n) is 20.1. The second kappa shape index (κ2) is 11.6. The second-order valence-electron chi connectivity index (χ2n) is 8.56. The van der Waals surface area contributed by atoms with Gasteiger partial charge in [0.2, 0.25) is 5.16 Å². The molecule has 1 aliphatic rings. The molecular formula is C26H26N6O4S. The van der Waals surface area contributed by atoms with E-state index in [4.69, 9.17) is 9.47 Å². The van der Waals surface area contributed by atoms with Gasteiger partial charge in [0, 0.05) is 42.9 Å². The van der Waals surface area contributed by atoms with Crippen LogP contribution in [0.15, 0.2) is 78.2 Å². The van der Waals surface area contributed by atoms with E-state index in [9.17, 15) is 9.90 Å². The quantitative estimate of drug-likeness (QED) is 0.336. The van der Waals surface area contributed by atoms with Crippen LogP contribution < -0.4 is 5.32 Å². The Morgan fingerprint density at radius 3 is 2.57 bits per heavy atom. The Kier molecular flexibility index (Phi) is 7.85. The third-order valence-electron chi connectivity index (χ3n) is 5.96. The van der Waals surface area contributed by atoms with Gasteiger partial charge in [0.1, 0.15) is 0 Å². The van der Waals surface area contributed by atoms with E-state index in [1.807, 2.05) is 48.5 Å². The number of rotatable bonds is 8. The Hall–Kier alpha value is -3.64. The minimum absolute atomic E-state index is 0.00773. The maximum absolute atomic E-state index is 12.4. The molecule has 0 unspecified atom stereocenters. The van der Waals surface area contributed by atoms with Crippen molar-refractivity contribution in [3.63, 3.8) is 0 Å². The van der Waals surface area contributed by atoms with Crippen molar-refractivity contribution < 1.29 is 19.4 Å². The highest BCUT2D eigenvalue weighted by atomic mass is 32.2. The Bertz CT molecular complexity index is 1320. The van der Waals surface area contributed by atoms with Gasteiger partial charge in [-0.1, -0.05) is 48.2 Å². The number of anilines is 1. The number of aliphatic hydroxyl groups excluding tert-OH is 1. The van der Waals surface area contributed by atoms with E-state index in [1.165, 1.54) is 18.0 Å². The number of ether oxygens (including phenoxy) is 2. The molecule has 1 fully saturated rings. The number of aromatic nitrogens is 5. The van der Waals surface area contributed by atoms with Gasteiger partial charge in [0.05, 0.1) is 24.4 Å². The molecule has 3 atom stereocenters. The van der Waals surface area contributed by atoms with E-state index >= 15 is 0 Å². The molecule has 0 radical (unpaired) electrons. The fourth-order valence-electron chi connectivity index (χ4n) is 3.96. The fraction of sp³-hybridized carbons (Fsp3) is 0.269. The zero-order chi connectivity index (χ0) is 25.6. The second-order valence-corrected chi connectivity index (χ2v) is 9.55. The van der Waals surface area contributed by atoms with Gasteiger partial charge in [0.25, 0.3) is 5.91 Å². The molecule has 0 saturated carbocycles. The van der Waals surface area contributed by atoms with Crippen LogP contribution in [0, 0.1) is 0 Å². The number of carbonyl (C=O) groups excluding carboxylic acids is 1. The van der Waals surface area contributed by atoms with Gasteiger partial charge in [-0.25, -0.2) is 4.68 Å². The number of aryl methyl sites for hydroxylation is 1. The van der Waals surface area contributed by atoms with Crippen molar-refractivity contribution in [1.82, 2.24) is 25.2 Å². The molecule has 5 rings (SSSR count). The molecule has 2 N–H and O–H groups in total. The van der Waals surface area contributed by atoms with E-state index in [-0.39, 0.29) is 24.7 Å².